The van der Waals surface area contributed by atoms with Crippen LogP contribution in [-0.4, -0.2) is 53.2 Å². The number of hydrogen-bond acceptors (Lipinski definition) is 5. The molecule has 7 heteroatoms. The van der Waals surface area contributed by atoms with Gasteiger partial charge in [-0.3, -0.25) is 14.8 Å². The molecule has 1 fully saturated rings. The number of aromatic nitrogens is 2. The summed E-state index contributed by atoms with van der Waals surface area (Å²) in [5, 5.41) is 0. The maximum atomic E-state index is 13.6. The molecule has 1 aliphatic rings. The van der Waals surface area contributed by atoms with Gasteiger partial charge in [-0.15, -0.1) is 0 Å². The summed E-state index contributed by atoms with van der Waals surface area (Å²) in [6.07, 6.45) is 4.78. The lowest BCUT2D eigenvalue weighted by atomic mass is 10.1. The largest absolute Gasteiger partial charge is 0.481 e. The molecule has 0 bridgehead atoms. The van der Waals surface area contributed by atoms with Crippen LogP contribution in [0, 0.1) is 12.7 Å². The van der Waals surface area contributed by atoms with Crippen LogP contribution in [0.5, 0.6) is 5.75 Å². The predicted octanol–water partition coefficient (Wildman–Crippen LogP) is 2.16. The Hall–Kier alpha value is -2.54. The molecular weight excluding hydrogens is 337 g/mol. The van der Waals surface area contributed by atoms with Crippen molar-refractivity contribution in [3.05, 3.63) is 53.9 Å². The lowest BCUT2D eigenvalue weighted by molar-refractivity contribution is -0.142. The minimum absolute atomic E-state index is 0.0538. The number of aryl methyl sites for hydroxylation is 2. The molecule has 1 saturated heterocycles. The van der Waals surface area contributed by atoms with E-state index < -0.39 is 5.82 Å². The first-order valence-corrected chi connectivity index (χ1v) is 8.66. The van der Waals surface area contributed by atoms with E-state index in [0.717, 1.165) is 17.8 Å². The van der Waals surface area contributed by atoms with Gasteiger partial charge < -0.3 is 14.4 Å². The normalized spacial score (nSPS) is 17.2. The van der Waals surface area contributed by atoms with Crippen LogP contribution in [0.4, 0.5) is 4.39 Å². The molecule has 26 heavy (non-hydrogen) atoms. The van der Waals surface area contributed by atoms with E-state index in [1.807, 2.05) is 6.92 Å². The number of halogens is 1. The van der Waals surface area contributed by atoms with Gasteiger partial charge >= 0.3 is 0 Å². The average Bonchev–Trinajstić information content (AvgIpc) is 2.67. The Kier molecular flexibility index (Phi) is 6.12. The third-order valence-electron chi connectivity index (χ3n) is 4.43. The minimum atomic E-state index is -0.475. The van der Waals surface area contributed by atoms with Gasteiger partial charge in [0.15, 0.2) is 18.2 Å². The first kappa shape index (κ1) is 18.3. The second-order valence-corrected chi connectivity index (χ2v) is 6.16. The van der Waals surface area contributed by atoms with Crippen molar-refractivity contribution in [2.24, 2.45) is 0 Å². The molecular formula is C19H22FN3O3. The SMILES string of the molecule is Cc1nccnc1CC[C@H]1COCCN1C(=O)COc1ccccc1F. The molecule has 0 N–H and O–H groups in total. The van der Waals surface area contributed by atoms with Gasteiger partial charge in [0, 0.05) is 18.9 Å². The predicted molar refractivity (Wildman–Crippen MR) is 93.3 cm³/mol. The highest BCUT2D eigenvalue weighted by molar-refractivity contribution is 5.78. The van der Waals surface area contributed by atoms with E-state index in [1.165, 1.54) is 12.1 Å². The van der Waals surface area contributed by atoms with E-state index in [1.54, 1.807) is 29.4 Å². The molecule has 0 saturated carbocycles. The van der Waals surface area contributed by atoms with Crippen LogP contribution in [0.1, 0.15) is 17.8 Å². The first-order chi connectivity index (χ1) is 12.6. The third kappa shape index (κ3) is 4.54. The van der Waals surface area contributed by atoms with Gasteiger partial charge in [0.1, 0.15) is 0 Å². The van der Waals surface area contributed by atoms with E-state index in [0.29, 0.717) is 26.2 Å². The lowest BCUT2D eigenvalue weighted by Gasteiger charge is -2.35. The molecule has 0 radical (unpaired) electrons. The zero-order chi connectivity index (χ0) is 18.4. The summed E-state index contributed by atoms with van der Waals surface area (Å²) < 4.78 is 24.5. The fraction of sp³-hybridized carbons (Fsp3) is 0.421. The number of para-hydroxylation sites is 1. The van der Waals surface area contributed by atoms with Gasteiger partial charge in [0.2, 0.25) is 0 Å². The molecule has 6 nitrogen and oxygen atoms in total. The van der Waals surface area contributed by atoms with Crippen LogP contribution in [0.2, 0.25) is 0 Å². The number of hydrogen-bond donors (Lipinski definition) is 0. The number of benzene rings is 1. The van der Waals surface area contributed by atoms with Gasteiger partial charge in [-0.05, 0) is 31.9 Å². The number of carbonyl (C=O) groups is 1. The lowest BCUT2D eigenvalue weighted by Crippen LogP contribution is -2.50. The van der Waals surface area contributed by atoms with E-state index in [-0.39, 0.29) is 24.3 Å². The van der Waals surface area contributed by atoms with Crippen molar-refractivity contribution in [3.8, 4) is 5.75 Å². The summed E-state index contributed by atoms with van der Waals surface area (Å²) >= 11 is 0. The number of amides is 1. The summed E-state index contributed by atoms with van der Waals surface area (Å²) in [6.45, 7) is 3.20. The van der Waals surface area contributed by atoms with Crippen LogP contribution in [0.25, 0.3) is 0 Å². The quantitative estimate of drug-likeness (QED) is 0.791. The molecule has 1 amide bonds. The molecule has 0 spiro atoms. The smallest absolute Gasteiger partial charge is 0.260 e. The maximum Gasteiger partial charge on any atom is 0.260 e. The molecule has 1 aromatic carbocycles. The number of morpholine rings is 1. The Bertz CT molecular complexity index is 756. The second-order valence-electron chi connectivity index (χ2n) is 6.16. The zero-order valence-electron chi connectivity index (χ0n) is 14.7. The van der Waals surface area contributed by atoms with Crippen LogP contribution in [-0.2, 0) is 16.0 Å². The topological polar surface area (TPSA) is 64.6 Å². The monoisotopic (exact) mass is 359 g/mol. The van der Waals surface area contributed by atoms with Gasteiger partial charge in [0.05, 0.1) is 30.6 Å². The molecule has 1 aliphatic heterocycles. The number of ether oxygens (including phenoxy) is 2. The highest BCUT2D eigenvalue weighted by Gasteiger charge is 2.27. The summed E-state index contributed by atoms with van der Waals surface area (Å²) in [7, 11) is 0. The van der Waals surface area contributed by atoms with Gasteiger partial charge in [0.25, 0.3) is 5.91 Å². The Morgan fingerprint density at radius 3 is 2.96 bits per heavy atom. The number of carbonyl (C=O) groups excluding carboxylic acids is 1. The van der Waals surface area contributed by atoms with Crippen molar-refractivity contribution >= 4 is 5.91 Å². The molecule has 2 aromatic rings. The van der Waals surface area contributed by atoms with Crippen molar-refractivity contribution in [1.29, 1.82) is 0 Å². The van der Waals surface area contributed by atoms with E-state index >= 15 is 0 Å². The van der Waals surface area contributed by atoms with Crippen molar-refractivity contribution < 1.29 is 18.7 Å². The molecule has 2 heterocycles. The molecule has 1 atom stereocenters. The van der Waals surface area contributed by atoms with Crippen molar-refractivity contribution in [2.75, 3.05) is 26.4 Å². The second kappa shape index (κ2) is 8.71. The van der Waals surface area contributed by atoms with Crippen molar-refractivity contribution in [1.82, 2.24) is 14.9 Å². The fourth-order valence-electron chi connectivity index (χ4n) is 2.99. The van der Waals surface area contributed by atoms with Crippen LogP contribution in [0.15, 0.2) is 36.7 Å². The molecule has 0 aliphatic carbocycles. The Morgan fingerprint density at radius 2 is 2.15 bits per heavy atom. The van der Waals surface area contributed by atoms with Gasteiger partial charge in [-0.1, -0.05) is 12.1 Å². The Balaban J connectivity index is 1.58. The molecule has 3 rings (SSSR count). The molecule has 0 unspecified atom stereocenters. The van der Waals surface area contributed by atoms with Gasteiger partial charge in [-0.2, -0.15) is 0 Å². The highest BCUT2D eigenvalue weighted by Crippen LogP contribution is 2.17. The molecule has 1 aromatic heterocycles. The van der Waals surface area contributed by atoms with Crippen LogP contribution in [0.3, 0.4) is 0 Å². The summed E-state index contributed by atoms with van der Waals surface area (Å²) in [6, 6.07) is 6.01. The highest BCUT2D eigenvalue weighted by atomic mass is 19.1. The summed E-state index contributed by atoms with van der Waals surface area (Å²) in [5.41, 5.74) is 1.82. The molecule has 138 valence electrons. The van der Waals surface area contributed by atoms with Crippen molar-refractivity contribution in [3.63, 3.8) is 0 Å². The Labute approximate surface area is 152 Å². The first-order valence-electron chi connectivity index (χ1n) is 8.66. The minimum Gasteiger partial charge on any atom is -0.481 e. The van der Waals surface area contributed by atoms with Gasteiger partial charge in [-0.25, -0.2) is 4.39 Å². The fourth-order valence-corrected chi connectivity index (χ4v) is 2.99. The van der Waals surface area contributed by atoms with E-state index in [4.69, 9.17) is 9.47 Å². The van der Waals surface area contributed by atoms with Crippen molar-refractivity contribution in [2.45, 2.75) is 25.8 Å². The Morgan fingerprint density at radius 1 is 1.35 bits per heavy atom. The maximum absolute atomic E-state index is 13.6. The zero-order valence-corrected chi connectivity index (χ0v) is 14.7. The van der Waals surface area contributed by atoms with Crippen LogP contribution < -0.4 is 4.74 Å². The summed E-state index contributed by atoms with van der Waals surface area (Å²) in [4.78, 5) is 22.9. The number of rotatable bonds is 6. The number of nitrogens with zero attached hydrogens (tertiary/aromatic N) is 3. The third-order valence-corrected chi connectivity index (χ3v) is 4.43. The average molecular weight is 359 g/mol. The van der Waals surface area contributed by atoms with Crippen LogP contribution >= 0.6 is 0 Å². The van der Waals surface area contributed by atoms with E-state index in [9.17, 15) is 9.18 Å². The van der Waals surface area contributed by atoms with E-state index in [2.05, 4.69) is 9.97 Å². The standard InChI is InChI=1S/C19H22FN3O3/c1-14-17(22-9-8-21-14)7-6-15-12-25-11-10-23(15)19(24)13-26-18-5-3-2-4-16(18)20/h2-5,8-9,15H,6-7,10-13H2,1H3/t15-/m0/s1. The summed E-state index contributed by atoms with van der Waals surface area (Å²) in [5.74, 6) is -0.560.